The number of ether oxygens (including phenoxy) is 2. The Morgan fingerprint density at radius 2 is 2.00 bits per heavy atom. The molecule has 1 heterocycles. The highest BCUT2D eigenvalue weighted by molar-refractivity contribution is 5.92. The van der Waals surface area contributed by atoms with Crippen LogP contribution in [-0.2, 0) is 11.3 Å². The summed E-state index contributed by atoms with van der Waals surface area (Å²) >= 11 is 0. The lowest BCUT2D eigenvalue weighted by Gasteiger charge is -2.08. The molecular formula is C14H15F2N3O3. The number of rotatable bonds is 5. The number of halogens is 2. The van der Waals surface area contributed by atoms with Crippen LogP contribution in [0.5, 0.6) is 5.75 Å². The summed E-state index contributed by atoms with van der Waals surface area (Å²) in [5.74, 6) is -2.14. The lowest BCUT2D eigenvalue weighted by atomic mass is 10.2. The molecule has 8 heteroatoms. The second-order valence-electron chi connectivity index (χ2n) is 4.42. The third kappa shape index (κ3) is 3.16. The number of methoxy groups -OCH3 is 1. The van der Waals surface area contributed by atoms with E-state index in [9.17, 15) is 13.6 Å². The Balaban J connectivity index is 2.29. The van der Waals surface area contributed by atoms with E-state index in [0.29, 0.717) is 6.61 Å². The molecule has 0 spiro atoms. The van der Waals surface area contributed by atoms with Gasteiger partial charge in [0.15, 0.2) is 5.69 Å². The van der Waals surface area contributed by atoms with Gasteiger partial charge in [-0.05, 0) is 6.92 Å². The first-order valence-electron chi connectivity index (χ1n) is 6.48. The van der Waals surface area contributed by atoms with E-state index in [1.807, 2.05) is 0 Å². The van der Waals surface area contributed by atoms with Crippen LogP contribution >= 0.6 is 0 Å². The molecule has 0 saturated carbocycles. The highest BCUT2D eigenvalue weighted by atomic mass is 19.1. The molecular weight excluding hydrogens is 296 g/mol. The van der Waals surface area contributed by atoms with Crippen molar-refractivity contribution in [3.63, 3.8) is 0 Å². The molecule has 2 N–H and O–H groups in total. The fourth-order valence-corrected chi connectivity index (χ4v) is 1.92. The Morgan fingerprint density at radius 1 is 1.36 bits per heavy atom. The molecule has 2 aromatic rings. The Labute approximate surface area is 125 Å². The SMILES string of the molecule is CCOc1cc(F)c(Cn2cc(N)c(C(=O)OC)n2)c(F)c1. The van der Waals surface area contributed by atoms with Crippen molar-refractivity contribution in [2.75, 3.05) is 19.5 Å². The van der Waals surface area contributed by atoms with E-state index < -0.39 is 17.6 Å². The van der Waals surface area contributed by atoms with Crippen LogP contribution in [0, 0.1) is 11.6 Å². The van der Waals surface area contributed by atoms with Gasteiger partial charge in [-0.1, -0.05) is 0 Å². The normalized spacial score (nSPS) is 10.5. The topological polar surface area (TPSA) is 79.4 Å². The lowest BCUT2D eigenvalue weighted by Crippen LogP contribution is -2.09. The number of aromatic nitrogens is 2. The summed E-state index contributed by atoms with van der Waals surface area (Å²) in [6, 6.07) is 2.19. The summed E-state index contributed by atoms with van der Waals surface area (Å²) < 4.78 is 38.7. The summed E-state index contributed by atoms with van der Waals surface area (Å²) in [6.45, 7) is 1.80. The summed E-state index contributed by atoms with van der Waals surface area (Å²) in [7, 11) is 1.19. The maximum Gasteiger partial charge on any atom is 0.360 e. The number of hydrogen-bond acceptors (Lipinski definition) is 5. The number of anilines is 1. The minimum absolute atomic E-state index is 0.0682. The molecule has 1 aromatic carbocycles. The molecule has 6 nitrogen and oxygen atoms in total. The fourth-order valence-electron chi connectivity index (χ4n) is 1.92. The van der Waals surface area contributed by atoms with Crippen LogP contribution in [0.15, 0.2) is 18.3 Å². The molecule has 1 aromatic heterocycles. The average Bonchev–Trinajstić information content (AvgIpc) is 2.83. The summed E-state index contributed by atoms with van der Waals surface area (Å²) in [5.41, 5.74) is 5.38. The van der Waals surface area contributed by atoms with Crippen LogP contribution in [0.25, 0.3) is 0 Å². The largest absolute Gasteiger partial charge is 0.494 e. The van der Waals surface area contributed by atoms with Crippen molar-refractivity contribution in [1.29, 1.82) is 0 Å². The molecule has 0 radical (unpaired) electrons. The number of nitrogens with zero attached hydrogens (tertiary/aromatic N) is 2. The molecule has 0 fully saturated rings. The van der Waals surface area contributed by atoms with E-state index in [0.717, 1.165) is 12.1 Å². The lowest BCUT2D eigenvalue weighted by molar-refractivity contribution is 0.0594. The number of benzene rings is 1. The number of esters is 1. The van der Waals surface area contributed by atoms with Gasteiger partial charge in [0.05, 0.1) is 25.9 Å². The van der Waals surface area contributed by atoms with Crippen molar-refractivity contribution in [3.05, 3.63) is 41.2 Å². The zero-order valence-electron chi connectivity index (χ0n) is 12.1. The minimum Gasteiger partial charge on any atom is -0.494 e. The van der Waals surface area contributed by atoms with Gasteiger partial charge >= 0.3 is 5.97 Å². The smallest absolute Gasteiger partial charge is 0.360 e. The molecule has 0 aliphatic heterocycles. The van der Waals surface area contributed by atoms with Gasteiger partial charge in [-0.2, -0.15) is 5.10 Å². The maximum atomic E-state index is 14.0. The Hall–Kier alpha value is -2.64. The van der Waals surface area contributed by atoms with E-state index in [4.69, 9.17) is 10.5 Å². The van der Waals surface area contributed by atoms with Crippen molar-refractivity contribution in [2.45, 2.75) is 13.5 Å². The predicted octanol–water partition coefficient (Wildman–Crippen LogP) is 1.98. The third-order valence-corrected chi connectivity index (χ3v) is 2.91. The molecule has 22 heavy (non-hydrogen) atoms. The van der Waals surface area contributed by atoms with Gasteiger partial charge in [0.25, 0.3) is 0 Å². The number of carbonyl (C=O) groups is 1. The number of hydrogen-bond donors (Lipinski definition) is 1. The van der Waals surface area contributed by atoms with Crippen LogP contribution in [0.1, 0.15) is 23.0 Å². The second kappa shape index (κ2) is 6.42. The first-order valence-corrected chi connectivity index (χ1v) is 6.48. The standard InChI is InChI=1S/C14H15F2N3O3/c1-3-22-8-4-10(15)9(11(16)5-8)6-19-7-12(17)13(18-19)14(20)21-2/h4-5,7H,3,6,17H2,1-2H3. The van der Waals surface area contributed by atoms with E-state index in [1.165, 1.54) is 18.0 Å². The molecule has 0 aliphatic carbocycles. The van der Waals surface area contributed by atoms with Gasteiger partial charge in [0.1, 0.15) is 17.4 Å². The number of nitrogens with two attached hydrogens (primary N) is 1. The van der Waals surface area contributed by atoms with Crippen molar-refractivity contribution in [3.8, 4) is 5.75 Å². The highest BCUT2D eigenvalue weighted by Crippen LogP contribution is 2.22. The van der Waals surface area contributed by atoms with Crippen LogP contribution in [0.2, 0.25) is 0 Å². The van der Waals surface area contributed by atoms with E-state index in [-0.39, 0.29) is 29.2 Å². The highest BCUT2D eigenvalue weighted by Gasteiger charge is 2.18. The minimum atomic E-state index is -0.767. The van der Waals surface area contributed by atoms with Crippen molar-refractivity contribution in [1.82, 2.24) is 9.78 Å². The van der Waals surface area contributed by atoms with E-state index >= 15 is 0 Å². The quantitative estimate of drug-likeness (QED) is 0.854. The second-order valence-corrected chi connectivity index (χ2v) is 4.42. The first-order chi connectivity index (χ1) is 10.5. The molecule has 2 rings (SSSR count). The first kappa shape index (κ1) is 15.7. The fraction of sp³-hybridized carbons (Fsp3) is 0.286. The number of carbonyl (C=O) groups excluding carboxylic acids is 1. The van der Waals surface area contributed by atoms with Crippen LogP contribution in [0.3, 0.4) is 0 Å². The Bertz CT molecular complexity index is 678. The Kier molecular flexibility index (Phi) is 4.59. The van der Waals surface area contributed by atoms with Crippen LogP contribution in [-0.4, -0.2) is 29.5 Å². The molecule has 0 saturated heterocycles. The maximum absolute atomic E-state index is 14.0. The molecule has 0 unspecified atom stereocenters. The average molecular weight is 311 g/mol. The summed E-state index contributed by atoms with van der Waals surface area (Å²) in [4.78, 5) is 11.4. The van der Waals surface area contributed by atoms with E-state index in [1.54, 1.807) is 6.92 Å². The third-order valence-electron chi connectivity index (χ3n) is 2.91. The molecule has 0 bridgehead atoms. The Morgan fingerprint density at radius 3 is 2.55 bits per heavy atom. The zero-order chi connectivity index (χ0) is 16.3. The zero-order valence-corrected chi connectivity index (χ0v) is 12.1. The molecule has 0 atom stereocenters. The van der Waals surface area contributed by atoms with Crippen molar-refractivity contribution in [2.24, 2.45) is 0 Å². The summed E-state index contributed by atoms with van der Waals surface area (Å²) in [5, 5.41) is 3.87. The van der Waals surface area contributed by atoms with Crippen LogP contribution in [0.4, 0.5) is 14.5 Å². The van der Waals surface area contributed by atoms with Gasteiger partial charge in [0.2, 0.25) is 0 Å². The monoisotopic (exact) mass is 311 g/mol. The van der Waals surface area contributed by atoms with Crippen molar-refractivity contribution < 1.29 is 23.0 Å². The molecule has 0 amide bonds. The van der Waals surface area contributed by atoms with Gasteiger partial charge in [0, 0.05) is 23.9 Å². The van der Waals surface area contributed by atoms with Gasteiger partial charge < -0.3 is 15.2 Å². The van der Waals surface area contributed by atoms with Crippen LogP contribution < -0.4 is 10.5 Å². The van der Waals surface area contributed by atoms with Crippen molar-refractivity contribution >= 4 is 11.7 Å². The molecule has 118 valence electrons. The summed E-state index contributed by atoms with van der Waals surface area (Å²) in [6.07, 6.45) is 1.31. The van der Waals surface area contributed by atoms with Gasteiger partial charge in [-0.25, -0.2) is 13.6 Å². The van der Waals surface area contributed by atoms with Gasteiger partial charge in [-0.15, -0.1) is 0 Å². The molecule has 0 aliphatic rings. The van der Waals surface area contributed by atoms with Gasteiger partial charge in [-0.3, -0.25) is 4.68 Å². The van der Waals surface area contributed by atoms with E-state index in [2.05, 4.69) is 9.84 Å². The number of nitrogen functional groups attached to an aromatic ring is 1. The predicted molar refractivity (Wildman–Crippen MR) is 74.6 cm³/mol.